The fourth-order valence-corrected chi connectivity index (χ4v) is 3.17. The number of amides is 1. The van der Waals surface area contributed by atoms with E-state index in [0.29, 0.717) is 0 Å². The van der Waals surface area contributed by atoms with Crippen molar-refractivity contribution in [1.82, 2.24) is 10.3 Å². The molecule has 3 aromatic rings. The van der Waals surface area contributed by atoms with E-state index in [1.165, 1.54) is 11.1 Å². The highest BCUT2D eigenvalue weighted by Gasteiger charge is 2.16. The Hall–Kier alpha value is -3.32. The zero-order chi connectivity index (χ0) is 19.6. The second-order valence-electron chi connectivity index (χ2n) is 6.92. The smallest absolute Gasteiger partial charge is 0.262 e. The molecule has 0 saturated heterocycles. The number of benzene rings is 2. The van der Waals surface area contributed by atoms with E-state index in [4.69, 9.17) is 0 Å². The van der Waals surface area contributed by atoms with Crippen LogP contribution in [0.15, 0.2) is 48.0 Å². The third-order valence-electron chi connectivity index (χ3n) is 4.98. The van der Waals surface area contributed by atoms with Gasteiger partial charge in [-0.15, -0.1) is 0 Å². The number of hydrogen-bond acceptors (Lipinski definition) is 2. The summed E-state index contributed by atoms with van der Waals surface area (Å²) in [7, 11) is 0. The molecular weight excluding hydrogens is 334 g/mol. The predicted octanol–water partition coefficient (Wildman–Crippen LogP) is 4.88. The number of fused-ring (bicyclic) bond motifs is 1. The van der Waals surface area contributed by atoms with Gasteiger partial charge in [-0.25, -0.2) is 0 Å². The number of para-hydroxylation sites is 1. The van der Waals surface area contributed by atoms with E-state index in [0.717, 1.165) is 27.7 Å². The number of rotatable bonds is 4. The van der Waals surface area contributed by atoms with Gasteiger partial charge >= 0.3 is 0 Å². The number of nitrogens with one attached hydrogen (secondary N) is 2. The molecule has 4 nitrogen and oxygen atoms in total. The third-order valence-corrected chi connectivity index (χ3v) is 4.98. The van der Waals surface area contributed by atoms with Crippen molar-refractivity contribution in [1.29, 1.82) is 5.26 Å². The van der Waals surface area contributed by atoms with E-state index in [1.54, 1.807) is 6.08 Å². The Balaban J connectivity index is 1.87. The number of nitriles is 1. The van der Waals surface area contributed by atoms with Gasteiger partial charge in [-0.3, -0.25) is 4.79 Å². The van der Waals surface area contributed by atoms with Crippen LogP contribution in [0.1, 0.15) is 40.9 Å². The molecule has 3 rings (SSSR count). The van der Waals surface area contributed by atoms with E-state index in [2.05, 4.69) is 23.3 Å². The molecule has 0 saturated carbocycles. The minimum Gasteiger partial charge on any atom is -0.358 e. The van der Waals surface area contributed by atoms with Crippen molar-refractivity contribution in [3.63, 3.8) is 0 Å². The highest BCUT2D eigenvalue weighted by atomic mass is 16.1. The number of nitrogens with zero attached hydrogens (tertiary/aromatic N) is 1. The summed E-state index contributed by atoms with van der Waals surface area (Å²) in [5.74, 6) is -0.368. The first kappa shape index (κ1) is 18.5. The third kappa shape index (κ3) is 3.78. The number of H-pyrrole nitrogens is 1. The second-order valence-corrected chi connectivity index (χ2v) is 6.92. The van der Waals surface area contributed by atoms with Crippen LogP contribution in [0.2, 0.25) is 0 Å². The van der Waals surface area contributed by atoms with Crippen molar-refractivity contribution < 1.29 is 4.79 Å². The molecule has 0 bridgehead atoms. The molecule has 0 unspecified atom stereocenters. The summed E-state index contributed by atoms with van der Waals surface area (Å²) in [5.41, 5.74) is 6.30. The van der Waals surface area contributed by atoms with E-state index in [-0.39, 0.29) is 17.5 Å². The summed E-state index contributed by atoms with van der Waals surface area (Å²) in [6, 6.07) is 15.8. The minimum atomic E-state index is -0.368. The van der Waals surface area contributed by atoms with E-state index < -0.39 is 0 Å². The Bertz CT molecular complexity index is 1080. The summed E-state index contributed by atoms with van der Waals surface area (Å²) in [6.07, 6.45) is 1.66. The normalized spacial score (nSPS) is 12.6. The molecule has 1 amide bonds. The first-order chi connectivity index (χ1) is 12.9. The summed E-state index contributed by atoms with van der Waals surface area (Å²) < 4.78 is 0. The number of aryl methyl sites for hydroxylation is 3. The van der Waals surface area contributed by atoms with Crippen molar-refractivity contribution >= 4 is 22.9 Å². The molecule has 0 aliphatic carbocycles. The zero-order valence-corrected chi connectivity index (χ0v) is 16.1. The Kier molecular flexibility index (Phi) is 5.14. The van der Waals surface area contributed by atoms with Crippen LogP contribution in [0.4, 0.5) is 0 Å². The average molecular weight is 357 g/mol. The molecular formula is C23H23N3O. The van der Waals surface area contributed by atoms with E-state index in [1.807, 2.05) is 63.2 Å². The number of carbonyl (C=O) groups excluding carboxylic acids is 1. The standard InChI is InChI=1S/C23H23N3O/c1-14-9-10-18(11-15(14)2)16(3)26-23(27)19(13-24)12-21-17(4)25-22-8-6-5-7-20(21)22/h5-12,16,25H,1-4H3,(H,26,27)/b19-12-/t16-/m0/s1. The van der Waals surface area contributed by atoms with Crippen molar-refractivity contribution in [2.45, 2.75) is 33.7 Å². The van der Waals surface area contributed by atoms with Crippen LogP contribution in [-0.4, -0.2) is 10.9 Å². The highest BCUT2D eigenvalue weighted by Crippen LogP contribution is 2.24. The topological polar surface area (TPSA) is 68.7 Å². The molecule has 27 heavy (non-hydrogen) atoms. The van der Waals surface area contributed by atoms with Crippen LogP contribution in [0.5, 0.6) is 0 Å². The summed E-state index contributed by atoms with van der Waals surface area (Å²) in [6.45, 7) is 7.97. The zero-order valence-electron chi connectivity index (χ0n) is 16.1. The van der Waals surface area contributed by atoms with Crippen LogP contribution in [0.25, 0.3) is 17.0 Å². The molecule has 0 aliphatic rings. The largest absolute Gasteiger partial charge is 0.358 e. The van der Waals surface area contributed by atoms with Crippen LogP contribution < -0.4 is 5.32 Å². The molecule has 0 radical (unpaired) electrons. The number of aromatic amines is 1. The Morgan fingerprint density at radius 1 is 1.15 bits per heavy atom. The van der Waals surface area contributed by atoms with Crippen molar-refractivity contribution in [3.8, 4) is 6.07 Å². The fraction of sp³-hybridized carbons (Fsp3) is 0.217. The van der Waals surface area contributed by atoms with Gasteiger partial charge in [0.15, 0.2) is 0 Å². The van der Waals surface area contributed by atoms with Gasteiger partial charge in [-0.05, 0) is 56.5 Å². The van der Waals surface area contributed by atoms with Crippen molar-refractivity contribution in [3.05, 3.63) is 76.0 Å². The molecule has 136 valence electrons. The van der Waals surface area contributed by atoms with E-state index >= 15 is 0 Å². The Morgan fingerprint density at radius 3 is 2.59 bits per heavy atom. The Morgan fingerprint density at radius 2 is 1.89 bits per heavy atom. The maximum absolute atomic E-state index is 12.7. The molecule has 0 spiro atoms. The second kappa shape index (κ2) is 7.51. The number of carbonyl (C=O) groups is 1. The predicted molar refractivity (Wildman–Crippen MR) is 109 cm³/mol. The number of hydrogen-bond donors (Lipinski definition) is 2. The average Bonchev–Trinajstić information content (AvgIpc) is 2.96. The van der Waals surface area contributed by atoms with Gasteiger partial charge in [0.1, 0.15) is 11.6 Å². The quantitative estimate of drug-likeness (QED) is 0.516. The van der Waals surface area contributed by atoms with Crippen LogP contribution >= 0.6 is 0 Å². The molecule has 1 heterocycles. The SMILES string of the molecule is Cc1ccc([C@H](C)NC(=O)/C(C#N)=C\c2c(C)[nH]c3ccccc23)cc1C. The van der Waals surface area contributed by atoms with Gasteiger partial charge in [-0.1, -0.05) is 36.4 Å². The fourth-order valence-electron chi connectivity index (χ4n) is 3.17. The summed E-state index contributed by atoms with van der Waals surface area (Å²) in [5, 5.41) is 13.5. The van der Waals surface area contributed by atoms with Crippen molar-refractivity contribution in [2.24, 2.45) is 0 Å². The van der Waals surface area contributed by atoms with Crippen molar-refractivity contribution in [2.75, 3.05) is 0 Å². The van der Waals surface area contributed by atoms with E-state index in [9.17, 15) is 10.1 Å². The molecule has 4 heteroatoms. The monoisotopic (exact) mass is 357 g/mol. The molecule has 2 N–H and O–H groups in total. The Labute approximate surface area is 159 Å². The lowest BCUT2D eigenvalue weighted by Crippen LogP contribution is -2.27. The molecule has 2 aromatic carbocycles. The van der Waals surface area contributed by atoms with Crippen LogP contribution in [0, 0.1) is 32.1 Å². The highest BCUT2D eigenvalue weighted by molar-refractivity contribution is 6.04. The maximum atomic E-state index is 12.7. The number of aromatic nitrogens is 1. The van der Waals surface area contributed by atoms with Gasteiger partial charge in [0, 0.05) is 22.2 Å². The van der Waals surface area contributed by atoms with Gasteiger partial charge in [0.05, 0.1) is 6.04 Å². The molecule has 1 atom stereocenters. The molecule has 0 fully saturated rings. The lowest BCUT2D eigenvalue weighted by Gasteiger charge is -2.15. The van der Waals surface area contributed by atoms with Crippen LogP contribution in [-0.2, 0) is 4.79 Å². The lowest BCUT2D eigenvalue weighted by molar-refractivity contribution is -0.117. The van der Waals surface area contributed by atoms with Gasteiger partial charge in [0.25, 0.3) is 5.91 Å². The first-order valence-electron chi connectivity index (χ1n) is 8.98. The van der Waals surface area contributed by atoms with Gasteiger partial charge in [-0.2, -0.15) is 5.26 Å². The summed E-state index contributed by atoms with van der Waals surface area (Å²) >= 11 is 0. The maximum Gasteiger partial charge on any atom is 0.262 e. The first-order valence-corrected chi connectivity index (χ1v) is 8.98. The van der Waals surface area contributed by atoms with Crippen LogP contribution in [0.3, 0.4) is 0 Å². The molecule has 0 aliphatic heterocycles. The lowest BCUT2D eigenvalue weighted by atomic mass is 10.0. The van der Waals surface area contributed by atoms with Gasteiger partial charge < -0.3 is 10.3 Å². The van der Waals surface area contributed by atoms with Gasteiger partial charge in [0.2, 0.25) is 0 Å². The minimum absolute atomic E-state index is 0.0959. The molecule has 1 aromatic heterocycles. The summed E-state index contributed by atoms with van der Waals surface area (Å²) in [4.78, 5) is 16.0.